The molecule has 98 valence electrons. The van der Waals surface area contributed by atoms with Crippen LogP contribution in [0.2, 0.25) is 0 Å². The van der Waals surface area contributed by atoms with Crippen LogP contribution in [0.25, 0.3) is 0 Å². The molecular formula is C11H20N2O4. The molecule has 6 nitrogen and oxygen atoms in total. The van der Waals surface area contributed by atoms with Crippen LogP contribution in [0.15, 0.2) is 0 Å². The number of nitrogens with one attached hydrogen (secondary N) is 1. The summed E-state index contributed by atoms with van der Waals surface area (Å²) in [5.74, 6) is -0.996. The molecule has 2 amide bonds. The van der Waals surface area contributed by atoms with Gasteiger partial charge >= 0.3 is 12.0 Å². The van der Waals surface area contributed by atoms with Crippen LogP contribution in [-0.4, -0.2) is 54.9 Å². The minimum absolute atomic E-state index is 0.0779. The number of hydrogen-bond acceptors (Lipinski definition) is 3. The third kappa shape index (κ3) is 6.11. The van der Waals surface area contributed by atoms with Crippen LogP contribution in [-0.2, 0) is 9.53 Å². The molecule has 0 bridgehead atoms. The number of carboxylic acid groups (broad SMARTS) is 1. The Kier molecular flexibility index (Phi) is 6.39. The molecule has 0 aromatic heterocycles. The van der Waals surface area contributed by atoms with Crippen LogP contribution >= 0.6 is 0 Å². The average Bonchev–Trinajstić information content (AvgIpc) is 2.56. The van der Waals surface area contributed by atoms with Crippen molar-refractivity contribution in [3.8, 4) is 0 Å². The SMILES string of the molecule is O=C(O)COCCNC(=O)N1CCCCCC1. The van der Waals surface area contributed by atoms with Gasteiger partial charge in [-0.3, -0.25) is 0 Å². The Labute approximate surface area is 101 Å². The summed E-state index contributed by atoms with van der Waals surface area (Å²) in [6, 6.07) is -0.0779. The zero-order valence-corrected chi connectivity index (χ0v) is 9.98. The summed E-state index contributed by atoms with van der Waals surface area (Å²) in [5, 5.41) is 11.1. The Morgan fingerprint density at radius 3 is 2.41 bits per heavy atom. The van der Waals surface area contributed by atoms with Crippen molar-refractivity contribution in [2.75, 3.05) is 32.8 Å². The molecule has 0 aromatic rings. The van der Waals surface area contributed by atoms with Gasteiger partial charge in [0.1, 0.15) is 6.61 Å². The predicted octanol–water partition coefficient (Wildman–Crippen LogP) is 0.673. The molecule has 2 N–H and O–H groups in total. The van der Waals surface area contributed by atoms with Crippen LogP contribution in [0.4, 0.5) is 4.79 Å². The molecule has 1 fully saturated rings. The molecule has 1 saturated heterocycles. The Bertz CT molecular complexity index is 250. The number of carbonyl (C=O) groups is 2. The molecule has 0 aliphatic carbocycles. The molecule has 0 aromatic carbocycles. The van der Waals surface area contributed by atoms with Gasteiger partial charge in [0, 0.05) is 19.6 Å². The molecule has 17 heavy (non-hydrogen) atoms. The number of urea groups is 1. The summed E-state index contributed by atoms with van der Waals surface area (Å²) in [5.41, 5.74) is 0. The van der Waals surface area contributed by atoms with Gasteiger partial charge in [-0.1, -0.05) is 12.8 Å². The number of nitrogens with zero attached hydrogens (tertiary/aromatic N) is 1. The van der Waals surface area contributed by atoms with Gasteiger partial charge in [-0.15, -0.1) is 0 Å². The molecule has 1 rings (SSSR count). The second-order valence-corrected chi connectivity index (χ2v) is 4.08. The third-order valence-corrected chi connectivity index (χ3v) is 2.64. The van der Waals surface area contributed by atoms with Crippen molar-refractivity contribution in [3.05, 3.63) is 0 Å². The Hall–Kier alpha value is -1.30. The van der Waals surface area contributed by atoms with E-state index in [-0.39, 0.29) is 19.2 Å². The lowest BCUT2D eigenvalue weighted by Crippen LogP contribution is -2.41. The van der Waals surface area contributed by atoms with E-state index in [9.17, 15) is 9.59 Å². The van der Waals surface area contributed by atoms with Crippen LogP contribution in [0.5, 0.6) is 0 Å². The fourth-order valence-electron chi connectivity index (χ4n) is 1.78. The van der Waals surface area contributed by atoms with Crippen molar-refractivity contribution in [1.82, 2.24) is 10.2 Å². The molecule has 0 spiro atoms. The normalized spacial score (nSPS) is 16.4. The number of likely N-dealkylation sites (tertiary alicyclic amines) is 1. The highest BCUT2D eigenvalue weighted by Crippen LogP contribution is 2.09. The first kappa shape index (κ1) is 13.8. The molecule has 1 aliphatic heterocycles. The highest BCUT2D eigenvalue weighted by Gasteiger charge is 2.14. The predicted molar refractivity (Wildman–Crippen MR) is 61.9 cm³/mol. The fraction of sp³-hybridized carbons (Fsp3) is 0.818. The fourth-order valence-corrected chi connectivity index (χ4v) is 1.78. The number of carbonyl (C=O) groups excluding carboxylic acids is 1. The number of carboxylic acids is 1. The monoisotopic (exact) mass is 244 g/mol. The molecule has 1 aliphatic rings. The van der Waals surface area contributed by atoms with E-state index in [1.165, 1.54) is 12.8 Å². The maximum absolute atomic E-state index is 11.7. The van der Waals surface area contributed by atoms with E-state index in [1.54, 1.807) is 0 Å². The van der Waals surface area contributed by atoms with Gasteiger partial charge in [0.15, 0.2) is 0 Å². The van der Waals surface area contributed by atoms with Gasteiger partial charge in [0.2, 0.25) is 0 Å². The Balaban J connectivity index is 2.09. The van der Waals surface area contributed by atoms with E-state index >= 15 is 0 Å². The molecule has 0 saturated carbocycles. The number of amides is 2. The first-order chi connectivity index (χ1) is 8.20. The minimum atomic E-state index is -0.996. The van der Waals surface area contributed by atoms with Crippen molar-refractivity contribution in [2.24, 2.45) is 0 Å². The average molecular weight is 244 g/mol. The minimum Gasteiger partial charge on any atom is -0.480 e. The standard InChI is InChI=1S/C11H20N2O4/c14-10(15)9-17-8-5-12-11(16)13-6-3-1-2-4-7-13/h1-9H2,(H,12,16)(H,14,15). The van der Waals surface area contributed by atoms with Crippen LogP contribution in [0.3, 0.4) is 0 Å². The smallest absolute Gasteiger partial charge is 0.329 e. The lowest BCUT2D eigenvalue weighted by molar-refractivity contribution is -0.142. The van der Waals surface area contributed by atoms with E-state index in [0.29, 0.717) is 6.54 Å². The molecule has 0 radical (unpaired) electrons. The summed E-state index contributed by atoms with van der Waals surface area (Å²) in [4.78, 5) is 23.7. The van der Waals surface area contributed by atoms with Crippen molar-refractivity contribution >= 4 is 12.0 Å². The van der Waals surface area contributed by atoms with Crippen molar-refractivity contribution < 1.29 is 19.4 Å². The summed E-state index contributed by atoms with van der Waals surface area (Å²) in [7, 11) is 0. The quantitative estimate of drug-likeness (QED) is 0.697. The van der Waals surface area contributed by atoms with Crippen molar-refractivity contribution in [2.45, 2.75) is 25.7 Å². The van der Waals surface area contributed by atoms with Gasteiger partial charge < -0.3 is 20.1 Å². The van der Waals surface area contributed by atoms with E-state index in [1.807, 2.05) is 4.90 Å². The first-order valence-corrected chi connectivity index (χ1v) is 6.02. The van der Waals surface area contributed by atoms with Gasteiger partial charge in [0.25, 0.3) is 0 Å². The maximum Gasteiger partial charge on any atom is 0.329 e. The zero-order chi connectivity index (χ0) is 12.5. The molecule has 0 unspecified atom stereocenters. The van der Waals surface area contributed by atoms with Crippen LogP contribution in [0, 0.1) is 0 Å². The summed E-state index contributed by atoms with van der Waals surface area (Å²) >= 11 is 0. The highest BCUT2D eigenvalue weighted by atomic mass is 16.5. The van der Waals surface area contributed by atoms with E-state index < -0.39 is 5.97 Å². The van der Waals surface area contributed by atoms with E-state index in [4.69, 9.17) is 9.84 Å². The van der Waals surface area contributed by atoms with Gasteiger partial charge in [0.05, 0.1) is 6.61 Å². The summed E-state index contributed by atoms with van der Waals surface area (Å²) < 4.78 is 4.82. The number of ether oxygens (including phenoxy) is 1. The van der Waals surface area contributed by atoms with Gasteiger partial charge in [-0.05, 0) is 12.8 Å². The van der Waals surface area contributed by atoms with Gasteiger partial charge in [-0.2, -0.15) is 0 Å². The lowest BCUT2D eigenvalue weighted by Gasteiger charge is -2.20. The van der Waals surface area contributed by atoms with Gasteiger partial charge in [-0.25, -0.2) is 9.59 Å². The summed E-state index contributed by atoms with van der Waals surface area (Å²) in [6.45, 7) is 1.87. The number of rotatable bonds is 5. The highest BCUT2D eigenvalue weighted by molar-refractivity contribution is 5.74. The zero-order valence-electron chi connectivity index (χ0n) is 9.98. The Morgan fingerprint density at radius 1 is 1.18 bits per heavy atom. The Morgan fingerprint density at radius 2 is 1.82 bits per heavy atom. The second-order valence-electron chi connectivity index (χ2n) is 4.08. The van der Waals surface area contributed by atoms with Crippen LogP contribution < -0.4 is 5.32 Å². The lowest BCUT2D eigenvalue weighted by atomic mass is 10.2. The molecular weight excluding hydrogens is 224 g/mol. The van der Waals surface area contributed by atoms with E-state index in [0.717, 1.165) is 25.9 Å². The van der Waals surface area contributed by atoms with E-state index in [2.05, 4.69) is 5.32 Å². The number of hydrogen-bond donors (Lipinski definition) is 2. The maximum atomic E-state index is 11.7. The topological polar surface area (TPSA) is 78.9 Å². The molecule has 6 heteroatoms. The van der Waals surface area contributed by atoms with Crippen molar-refractivity contribution in [1.29, 1.82) is 0 Å². The summed E-state index contributed by atoms with van der Waals surface area (Å²) in [6.07, 6.45) is 4.49. The molecule has 0 atom stereocenters. The second kappa shape index (κ2) is 7.89. The number of aliphatic carboxylic acids is 1. The largest absolute Gasteiger partial charge is 0.480 e. The first-order valence-electron chi connectivity index (χ1n) is 6.02. The molecule has 1 heterocycles. The van der Waals surface area contributed by atoms with Crippen LogP contribution in [0.1, 0.15) is 25.7 Å². The third-order valence-electron chi connectivity index (χ3n) is 2.64. The van der Waals surface area contributed by atoms with Crippen molar-refractivity contribution in [3.63, 3.8) is 0 Å².